The highest BCUT2D eigenvalue weighted by Gasteiger charge is 2.21. The van der Waals surface area contributed by atoms with Gasteiger partial charge in [0.2, 0.25) is 0 Å². The van der Waals surface area contributed by atoms with Crippen molar-refractivity contribution in [1.82, 2.24) is 4.90 Å². The van der Waals surface area contributed by atoms with Gasteiger partial charge in [0.25, 0.3) is 0 Å². The molecule has 0 bridgehead atoms. The molecule has 1 aliphatic heterocycles. The van der Waals surface area contributed by atoms with Crippen molar-refractivity contribution in [3.05, 3.63) is 34.3 Å². The van der Waals surface area contributed by atoms with Crippen LogP contribution in [0.5, 0.6) is 0 Å². The van der Waals surface area contributed by atoms with Crippen LogP contribution in [0.1, 0.15) is 18.4 Å². The van der Waals surface area contributed by atoms with E-state index in [1.807, 2.05) is 0 Å². The Kier molecular flexibility index (Phi) is 4.99. The lowest BCUT2D eigenvalue weighted by Crippen LogP contribution is -2.22. The monoisotopic (exact) mass is 299 g/mol. The molecule has 1 aromatic carbocycles. The molecule has 0 N–H and O–H groups in total. The van der Waals surface area contributed by atoms with Gasteiger partial charge in [0, 0.05) is 17.6 Å². The van der Waals surface area contributed by atoms with Gasteiger partial charge >= 0.3 is 0 Å². The van der Waals surface area contributed by atoms with Crippen LogP contribution in [0.3, 0.4) is 0 Å². The Morgan fingerprint density at radius 2 is 2.29 bits per heavy atom. The van der Waals surface area contributed by atoms with Gasteiger partial charge in [-0.25, -0.2) is 0 Å². The zero-order valence-corrected chi connectivity index (χ0v) is 11.6. The highest BCUT2D eigenvalue weighted by molar-refractivity contribution is 9.10. The normalized spacial score (nSPS) is 20.9. The maximum absolute atomic E-state index is 12.1. The number of likely N-dealkylation sites (tertiary alicyclic amines) is 1. The second-order valence-electron chi connectivity index (χ2n) is 4.83. The lowest BCUT2D eigenvalue weighted by atomic mass is 9.99. The van der Waals surface area contributed by atoms with Crippen molar-refractivity contribution in [3.63, 3.8) is 0 Å². The quantitative estimate of drug-likeness (QED) is 0.802. The van der Waals surface area contributed by atoms with E-state index in [0.29, 0.717) is 6.42 Å². The lowest BCUT2D eigenvalue weighted by Gasteiger charge is -2.15. The third kappa shape index (κ3) is 4.07. The predicted molar refractivity (Wildman–Crippen MR) is 73.0 cm³/mol. The molecule has 0 aliphatic carbocycles. The van der Waals surface area contributed by atoms with Crippen molar-refractivity contribution >= 4 is 15.9 Å². The third-order valence-electron chi connectivity index (χ3n) is 3.39. The molecule has 1 heterocycles. The molecule has 2 rings (SSSR count). The van der Waals surface area contributed by atoms with Crippen molar-refractivity contribution in [2.75, 3.05) is 26.3 Å². The Hall–Kier alpha value is -0.410. The van der Waals surface area contributed by atoms with Crippen molar-refractivity contribution in [3.8, 4) is 0 Å². The molecule has 1 nitrogen and oxygen atoms in total. The van der Waals surface area contributed by atoms with Crippen LogP contribution in [0.2, 0.25) is 0 Å². The first-order valence-corrected chi connectivity index (χ1v) is 7.10. The molecule has 3 heteroatoms. The fourth-order valence-electron chi connectivity index (χ4n) is 2.56. The Balaban J connectivity index is 1.81. The minimum Gasteiger partial charge on any atom is -0.303 e. The van der Waals surface area contributed by atoms with Crippen LogP contribution in [0.25, 0.3) is 0 Å². The molecule has 0 radical (unpaired) electrons. The zero-order chi connectivity index (χ0) is 12.1. The smallest absolute Gasteiger partial charge is 0.0906 e. The summed E-state index contributed by atoms with van der Waals surface area (Å²) in [7, 11) is 0. The number of hydrogen-bond donors (Lipinski definition) is 0. The molecule has 0 aromatic heterocycles. The first kappa shape index (κ1) is 13.0. The van der Waals surface area contributed by atoms with Crippen LogP contribution in [-0.4, -0.2) is 31.2 Å². The third-order valence-corrected chi connectivity index (χ3v) is 3.88. The predicted octanol–water partition coefficient (Wildman–Crippen LogP) is 3.67. The Labute approximate surface area is 111 Å². The fraction of sp³-hybridized carbons (Fsp3) is 0.571. The molecular weight excluding hydrogens is 281 g/mol. The van der Waals surface area contributed by atoms with E-state index >= 15 is 0 Å². The fourth-order valence-corrected chi connectivity index (χ4v) is 3.01. The number of halogens is 2. The summed E-state index contributed by atoms with van der Waals surface area (Å²) in [4.78, 5) is 2.39. The van der Waals surface area contributed by atoms with Crippen LogP contribution in [0, 0.1) is 5.92 Å². The molecule has 94 valence electrons. The number of nitrogens with zero attached hydrogens (tertiary/aromatic N) is 1. The average molecular weight is 300 g/mol. The maximum Gasteiger partial charge on any atom is 0.0906 e. The van der Waals surface area contributed by atoms with E-state index in [1.165, 1.54) is 12.0 Å². The molecule has 1 fully saturated rings. The summed E-state index contributed by atoms with van der Waals surface area (Å²) >= 11 is 3.51. The molecule has 1 aliphatic rings. The highest BCUT2D eigenvalue weighted by atomic mass is 79.9. The number of alkyl halides is 1. The van der Waals surface area contributed by atoms with Gasteiger partial charge in [0.1, 0.15) is 0 Å². The second kappa shape index (κ2) is 6.50. The summed E-state index contributed by atoms with van der Waals surface area (Å²) in [5, 5.41) is 0. The topological polar surface area (TPSA) is 3.24 Å². The highest BCUT2D eigenvalue weighted by Crippen LogP contribution is 2.22. The lowest BCUT2D eigenvalue weighted by molar-refractivity contribution is 0.301. The van der Waals surface area contributed by atoms with Crippen LogP contribution in [0.4, 0.5) is 4.39 Å². The van der Waals surface area contributed by atoms with Crippen molar-refractivity contribution in [2.45, 2.75) is 19.3 Å². The van der Waals surface area contributed by atoms with Gasteiger partial charge in [0.15, 0.2) is 0 Å². The van der Waals surface area contributed by atoms with Gasteiger partial charge in [-0.1, -0.05) is 28.1 Å². The first-order valence-electron chi connectivity index (χ1n) is 6.30. The van der Waals surface area contributed by atoms with Crippen molar-refractivity contribution < 1.29 is 4.39 Å². The summed E-state index contributed by atoms with van der Waals surface area (Å²) in [5.74, 6) is 0.740. The van der Waals surface area contributed by atoms with Crippen LogP contribution in [0.15, 0.2) is 28.7 Å². The summed E-state index contributed by atoms with van der Waals surface area (Å²) in [6, 6.07) is 8.54. The minimum atomic E-state index is -0.188. The summed E-state index contributed by atoms with van der Waals surface area (Å²) in [5.41, 5.74) is 1.40. The average Bonchev–Trinajstić information content (AvgIpc) is 2.74. The van der Waals surface area contributed by atoms with Gasteiger partial charge in [-0.2, -0.15) is 0 Å². The summed E-state index contributed by atoms with van der Waals surface area (Å²) in [6.07, 6.45) is 3.08. The van der Waals surface area contributed by atoms with Gasteiger partial charge in [0.05, 0.1) is 6.67 Å². The van der Waals surface area contributed by atoms with E-state index < -0.39 is 0 Å². The molecule has 1 saturated heterocycles. The van der Waals surface area contributed by atoms with E-state index in [9.17, 15) is 4.39 Å². The largest absolute Gasteiger partial charge is 0.303 e. The molecule has 1 unspecified atom stereocenters. The van der Waals surface area contributed by atoms with Crippen LogP contribution < -0.4 is 0 Å². The summed E-state index contributed by atoms with van der Waals surface area (Å²) < 4.78 is 13.3. The molecule has 0 amide bonds. The van der Waals surface area contributed by atoms with E-state index in [1.54, 1.807) is 0 Å². The van der Waals surface area contributed by atoms with Crippen molar-refractivity contribution in [1.29, 1.82) is 0 Å². The summed E-state index contributed by atoms with van der Waals surface area (Å²) in [6.45, 7) is 3.00. The minimum absolute atomic E-state index is 0.188. The molecule has 1 aromatic rings. The SMILES string of the molecule is FCCCN1CCC(Cc2cccc(Br)c2)C1. The first-order chi connectivity index (χ1) is 8.28. The molecular formula is C14H19BrFN. The standard InChI is InChI=1S/C14H19BrFN/c15-14-4-1-3-12(10-14)9-13-5-8-17(11-13)7-2-6-16/h1,3-4,10,13H,2,5-9,11H2. The number of benzene rings is 1. The van der Waals surface area contributed by atoms with E-state index in [2.05, 4.69) is 45.1 Å². The van der Waals surface area contributed by atoms with E-state index in [4.69, 9.17) is 0 Å². The molecule has 0 saturated carbocycles. The van der Waals surface area contributed by atoms with Crippen molar-refractivity contribution in [2.24, 2.45) is 5.92 Å². The van der Waals surface area contributed by atoms with Crippen LogP contribution >= 0.6 is 15.9 Å². The Morgan fingerprint density at radius 1 is 1.41 bits per heavy atom. The molecule has 17 heavy (non-hydrogen) atoms. The molecule has 0 spiro atoms. The van der Waals surface area contributed by atoms with Gasteiger partial charge in [-0.3, -0.25) is 4.39 Å². The number of hydrogen-bond acceptors (Lipinski definition) is 1. The maximum atomic E-state index is 12.1. The Bertz CT molecular complexity index is 356. The van der Waals surface area contributed by atoms with Gasteiger partial charge in [-0.05, 0) is 49.4 Å². The van der Waals surface area contributed by atoms with Crippen LogP contribution in [-0.2, 0) is 6.42 Å². The van der Waals surface area contributed by atoms with E-state index in [0.717, 1.165) is 36.4 Å². The van der Waals surface area contributed by atoms with E-state index in [-0.39, 0.29) is 6.67 Å². The van der Waals surface area contributed by atoms with Gasteiger partial charge in [-0.15, -0.1) is 0 Å². The number of rotatable bonds is 5. The Morgan fingerprint density at radius 3 is 3.06 bits per heavy atom. The van der Waals surface area contributed by atoms with Gasteiger partial charge < -0.3 is 4.90 Å². The second-order valence-corrected chi connectivity index (χ2v) is 5.75. The zero-order valence-electron chi connectivity index (χ0n) is 10.0. The molecule has 1 atom stereocenters.